The lowest BCUT2D eigenvalue weighted by Gasteiger charge is -2.09. The van der Waals surface area contributed by atoms with Crippen LogP contribution in [0.15, 0.2) is 0 Å². The van der Waals surface area contributed by atoms with Gasteiger partial charge >= 0.3 is 12.0 Å². The third kappa shape index (κ3) is 7.42. The van der Waals surface area contributed by atoms with Crippen molar-refractivity contribution in [2.45, 2.75) is 26.4 Å². The van der Waals surface area contributed by atoms with Crippen molar-refractivity contribution < 1.29 is 18.9 Å². The number of halogens is 1. The highest BCUT2D eigenvalue weighted by molar-refractivity contribution is 6.28. The lowest BCUT2D eigenvalue weighted by atomic mass is 10.5. The molecule has 8 heteroatoms. The molecule has 0 amide bonds. The maximum atomic E-state index is 5.77. The monoisotopic (exact) mass is 305 g/mol. The van der Waals surface area contributed by atoms with Gasteiger partial charge in [-0.15, -0.1) is 4.98 Å². The van der Waals surface area contributed by atoms with E-state index in [-0.39, 0.29) is 23.4 Å². The molecule has 0 aliphatic heterocycles. The van der Waals surface area contributed by atoms with Gasteiger partial charge in [0.05, 0.1) is 25.9 Å². The molecule has 20 heavy (non-hydrogen) atoms. The predicted molar refractivity (Wildman–Crippen MR) is 73.4 cm³/mol. The van der Waals surface area contributed by atoms with Crippen LogP contribution < -0.4 is 9.47 Å². The van der Waals surface area contributed by atoms with Crippen LogP contribution in [-0.4, -0.2) is 54.6 Å². The summed E-state index contributed by atoms with van der Waals surface area (Å²) in [5.74, 6) is 0. The van der Waals surface area contributed by atoms with Gasteiger partial charge in [0.15, 0.2) is 0 Å². The number of ether oxygens (including phenoxy) is 4. The summed E-state index contributed by atoms with van der Waals surface area (Å²) in [6.07, 6.45) is 0.670. The second kappa shape index (κ2) is 9.68. The first-order valence-corrected chi connectivity index (χ1v) is 6.77. The molecule has 0 bridgehead atoms. The van der Waals surface area contributed by atoms with E-state index >= 15 is 0 Å². The Kier molecular flexibility index (Phi) is 8.17. The molecule has 7 nitrogen and oxygen atoms in total. The van der Waals surface area contributed by atoms with Crippen molar-refractivity contribution >= 4 is 11.6 Å². The Bertz CT molecular complexity index is 393. The number of rotatable bonds is 10. The fraction of sp³-hybridized carbons (Fsp3) is 0.750. The van der Waals surface area contributed by atoms with E-state index < -0.39 is 0 Å². The van der Waals surface area contributed by atoms with Crippen molar-refractivity contribution in [2.24, 2.45) is 0 Å². The van der Waals surface area contributed by atoms with Crippen LogP contribution in [0.25, 0.3) is 0 Å². The molecule has 0 atom stereocenters. The maximum absolute atomic E-state index is 5.77. The molecule has 1 aromatic rings. The van der Waals surface area contributed by atoms with Crippen LogP contribution >= 0.6 is 11.6 Å². The molecule has 1 heterocycles. The molecule has 0 fully saturated rings. The van der Waals surface area contributed by atoms with Gasteiger partial charge < -0.3 is 18.9 Å². The molecular weight excluding hydrogens is 286 g/mol. The van der Waals surface area contributed by atoms with Gasteiger partial charge in [0.25, 0.3) is 0 Å². The molecule has 0 spiro atoms. The van der Waals surface area contributed by atoms with Gasteiger partial charge in [0, 0.05) is 20.1 Å². The summed E-state index contributed by atoms with van der Waals surface area (Å²) >= 11 is 5.77. The van der Waals surface area contributed by atoms with Crippen LogP contribution in [0.2, 0.25) is 5.28 Å². The van der Waals surface area contributed by atoms with Gasteiger partial charge in [0.1, 0.15) is 0 Å². The van der Waals surface area contributed by atoms with Crippen molar-refractivity contribution in [1.29, 1.82) is 0 Å². The topological polar surface area (TPSA) is 75.6 Å². The number of methoxy groups -OCH3 is 1. The summed E-state index contributed by atoms with van der Waals surface area (Å²) < 4.78 is 20.9. The van der Waals surface area contributed by atoms with E-state index in [1.165, 1.54) is 0 Å². The minimum Gasteiger partial charge on any atom is -0.463 e. The molecule has 0 aliphatic carbocycles. The zero-order chi connectivity index (χ0) is 14.8. The van der Waals surface area contributed by atoms with Gasteiger partial charge in [0.2, 0.25) is 5.28 Å². The molecule has 0 unspecified atom stereocenters. The Labute approximate surface area is 123 Å². The molecular formula is C12H20ClN3O4. The molecule has 1 aromatic heterocycles. The highest BCUT2D eigenvalue weighted by Crippen LogP contribution is 2.14. The lowest BCUT2D eigenvalue weighted by Crippen LogP contribution is -2.11. The second-order valence-electron chi connectivity index (χ2n) is 4.14. The van der Waals surface area contributed by atoms with Crippen molar-refractivity contribution in [3.05, 3.63) is 5.28 Å². The fourth-order valence-electron chi connectivity index (χ4n) is 1.21. The van der Waals surface area contributed by atoms with Crippen LogP contribution in [0.5, 0.6) is 12.0 Å². The number of nitrogens with zero attached hydrogens (tertiary/aromatic N) is 3. The van der Waals surface area contributed by atoms with E-state index in [1.54, 1.807) is 7.11 Å². The van der Waals surface area contributed by atoms with E-state index in [0.29, 0.717) is 32.8 Å². The Morgan fingerprint density at radius 2 is 1.75 bits per heavy atom. The largest absolute Gasteiger partial charge is 0.463 e. The van der Waals surface area contributed by atoms with Gasteiger partial charge in [-0.2, -0.15) is 9.97 Å². The molecule has 0 N–H and O–H groups in total. The van der Waals surface area contributed by atoms with Crippen LogP contribution in [0.1, 0.15) is 20.3 Å². The smallest absolute Gasteiger partial charge is 0.324 e. The Hall–Kier alpha value is -1.18. The molecule has 0 radical (unpaired) electrons. The van der Waals surface area contributed by atoms with Crippen LogP contribution in [0.4, 0.5) is 0 Å². The molecule has 0 saturated heterocycles. The van der Waals surface area contributed by atoms with E-state index in [2.05, 4.69) is 15.0 Å². The maximum Gasteiger partial charge on any atom is 0.324 e. The number of hydrogen-bond acceptors (Lipinski definition) is 7. The van der Waals surface area contributed by atoms with Gasteiger partial charge in [-0.05, 0) is 25.4 Å². The summed E-state index contributed by atoms with van der Waals surface area (Å²) in [6, 6.07) is 0.309. The van der Waals surface area contributed by atoms with Crippen molar-refractivity contribution in [1.82, 2.24) is 15.0 Å². The normalized spacial score (nSPS) is 10.8. The summed E-state index contributed by atoms with van der Waals surface area (Å²) in [4.78, 5) is 11.7. The van der Waals surface area contributed by atoms with E-state index in [9.17, 15) is 0 Å². The average Bonchev–Trinajstić information content (AvgIpc) is 2.36. The third-order valence-electron chi connectivity index (χ3n) is 2.00. The molecule has 1 rings (SSSR count). The first-order valence-electron chi connectivity index (χ1n) is 6.39. The van der Waals surface area contributed by atoms with E-state index in [4.69, 9.17) is 30.5 Å². The predicted octanol–water partition coefficient (Wildman–Crippen LogP) is 1.74. The molecule has 0 aliphatic rings. The fourth-order valence-corrected chi connectivity index (χ4v) is 1.36. The Morgan fingerprint density at radius 3 is 2.45 bits per heavy atom. The molecule has 0 aromatic carbocycles. The number of hydrogen-bond donors (Lipinski definition) is 0. The SMILES string of the molecule is COCCOCCCOc1nc(Cl)nc(OC(C)C)n1. The quantitative estimate of drug-likeness (QED) is 0.609. The van der Waals surface area contributed by atoms with Crippen molar-refractivity contribution in [2.75, 3.05) is 33.5 Å². The highest BCUT2D eigenvalue weighted by Gasteiger charge is 2.08. The van der Waals surface area contributed by atoms with E-state index in [1.807, 2.05) is 13.8 Å². The average molecular weight is 306 g/mol. The third-order valence-corrected chi connectivity index (χ3v) is 2.17. The standard InChI is InChI=1S/C12H20ClN3O4/c1-9(2)20-12-15-10(13)14-11(16-12)19-6-4-5-18-8-7-17-3/h9H,4-8H2,1-3H3. The summed E-state index contributed by atoms with van der Waals surface area (Å²) in [6.45, 7) is 5.90. The second-order valence-corrected chi connectivity index (χ2v) is 4.48. The lowest BCUT2D eigenvalue weighted by molar-refractivity contribution is 0.0638. The van der Waals surface area contributed by atoms with Crippen molar-refractivity contribution in [3.8, 4) is 12.0 Å². The Balaban J connectivity index is 2.30. The van der Waals surface area contributed by atoms with Crippen molar-refractivity contribution in [3.63, 3.8) is 0 Å². The zero-order valence-electron chi connectivity index (χ0n) is 12.0. The minimum absolute atomic E-state index is 0.0435. The first kappa shape index (κ1) is 16.9. The summed E-state index contributed by atoms with van der Waals surface area (Å²) in [5, 5.41) is 0.0435. The molecule has 114 valence electrons. The van der Waals surface area contributed by atoms with Gasteiger partial charge in [-0.1, -0.05) is 0 Å². The Morgan fingerprint density at radius 1 is 1.00 bits per heavy atom. The highest BCUT2D eigenvalue weighted by atomic mass is 35.5. The minimum atomic E-state index is -0.0458. The first-order chi connectivity index (χ1) is 9.61. The van der Waals surface area contributed by atoms with E-state index in [0.717, 1.165) is 0 Å². The number of aromatic nitrogens is 3. The zero-order valence-corrected chi connectivity index (χ0v) is 12.7. The van der Waals surface area contributed by atoms with Gasteiger partial charge in [-0.25, -0.2) is 0 Å². The van der Waals surface area contributed by atoms with Crippen LogP contribution in [0, 0.1) is 0 Å². The van der Waals surface area contributed by atoms with Crippen LogP contribution in [0.3, 0.4) is 0 Å². The molecule has 0 saturated carbocycles. The summed E-state index contributed by atoms with van der Waals surface area (Å²) in [5.41, 5.74) is 0. The van der Waals surface area contributed by atoms with Gasteiger partial charge in [-0.3, -0.25) is 0 Å². The summed E-state index contributed by atoms with van der Waals surface area (Å²) in [7, 11) is 1.63. The van der Waals surface area contributed by atoms with Crippen LogP contribution in [-0.2, 0) is 9.47 Å².